The third kappa shape index (κ3) is 4.24. The van der Waals surface area contributed by atoms with E-state index in [4.69, 9.17) is 10.3 Å². The summed E-state index contributed by atoms with van der Waals surface area (Å²) in [6, 6.07) is 3.10. The first-order valence-electron chi connectivity index (χ1n) is 5.01. The molecule has 1 aromatic rings. The van der Waals surface area contributed by atoms with Gasteiger partial charge >= 0.3 is 6.18 Å². The van der Waals surface area contributed by atoms with Crippen LogP contribution in [0.25, 0.3) is 0 Å². The fourth-order valence-electron chi connectivity index (χ4n) is 1.46. The maximum Gasteiger partial charge on any atom is 0.389 e. The molecule has 1 unspecified atom stereocenters. The van der Waals surface area contributed by atoms with Gasteiger partial charge in [-0.1, -0.05) is 0 Å². The highest BCUT2D eigenvalue weighted by molar-refractivity contribution is 5.09. The Morgan fingerprint density at radius 3 is 2.56 bits per heavy atom. The van der Waals surface area contributed by atoms with Crippen LogP contribution in [0, 0.1) is 6.92 Å². The number of alkyl halides is 3. The molecule has 0 saturated carbocycles. The van der Waals surface area contributed by atoms with Gasteiger partial charge in [-0.2, -0.15) is 13.2 Å². The highest BCUT2D eigenvalue weighted by Crippen LogP contribution is 2.26. The van der Waals surface area contributed by atoms with Gasteiger partial charge in [-0.3, -0.25) is 5.84 Å². The molecule has 0 spiro atoms. The monoisotopic (exact) mass is 236 g/mol. The molecule has 1 aromatic heterocycles. The van der Waals surface area contributed by atoms with E-state index >= 15 is 0 Å². The van der Waals surface area contributed by atoms with Crippen LogP contribution in [0.4, 0.5) is 13.2 Å². The van der Waals surface area contributed by atoms with Gasteiger partial charge in [-0.15, -0.1) is 0 Å². The molecule has 0 amide bonds. The Morgan fingerprint density at radius 2 is 2.12 bits per heavy atom. The third-order valence-corrected chi connectivity index (χ3v) is 2.26. The molecule has 16 heavy (non-hydrogen) atoms. The van der Waals surface area contributed by atoms with E-state index in [1.165, 1.54) is 0 Å². The zero-order valence-electron chi connectivity index (χ0n) is 8.97. The van der Waals surface area contributed by atoms with Gasteiger partial charge in [0, 0.05) is 6.42 Å². The van der Waals surface area contributed by atoms with E-state index in [-0.39, 0.29) is 12.5 Å². The Bertz CT molecular complexity index is 322. The number of halogens is 3. The molecule has 1 atom stereocenters. The van der Waals surface area contributed by atoms with Gasteiger partial charge in [-0.05, 0) is 31.9 Å². The van der Waals surface area contributed by atoms with Gasteiger partial charge in [0.05, 0.1) is 6.04 Å². The number of hydrogen-bond acceptors (Lipinski definition) is 3. The molecule has 0 aliphatic heterocycles. The summed E-state index contributed by atoms with van der Waals surface area (Å²) in [5.41, 5.74) is 2.46. The Balaban J connectivity index is 2.44. The lowest BCUT2D eigenvalue weighted by atomic mass is 10.1. The quantitative estimate of drug-likeness (QED) is 0.610. The minimum Gasteiger partial charge on any atom is -0.465 e. The fourth-order valence-corrected chi connectivity index (χ4v) is 1.46. The molecule has 0 fully saturated rings. The molecule has 0 aliphatic rings. The molecule has 92 valence electrons. The third-order valence-electron chi connectivity index (χ3n) is 2.26. The number of nitrogens with two attached hydrogens (primary N) is 1. The molecule has 0 aromatic carbocycles. The molecule has 0 aliphatic carbocycles. The first-order chi connectivity index (χ1) is 7.42. The zero-order valence-corrected chi connectivity index (χ0v) is 8.97. The van der Waals surface area contributed by atoms with Crippen LogP contribution in [0.2, 0.25) is 0 Å². The van der Waals surface area contributed by atoms with Gasteiger partial charge in [0.1, 0.15) is 11.5 Å². The van der Waals surface area contributed by atoms with E-state index in [0.29, 0.717) is 17.9 Å². The average molecular weight is 236 g/mol. The van der Waals surface area contributed by atoms with Crippen molar-refractivity contribution >= 4 is 0 Å². The normalized spacial score (nSPS) is 14.1. The van der Waals surface area contributed by atoms with Crippen molar-refractivity contribution in [2.45, 2.75) is 38.4 Å². The maximum absolute atomic E-state index is 11.9. The molecule has 0 bridgehead atoms. The SMILES string of the molecule is Cc1ccc(C(CCCC(F)(F)F)NN)o1. The fraction of sp³-hybridized carbons (Fsp3) is 0.600. The molecule has 3 N–H and O–H groups in total. The Hall–Kier alpha value is -1.01. The van der Waals surface area contributed by atoms with E-state index in [1.54, 1.807) is 19.1 Å². The van der Waals surface area contributed by atoms with Crippen LogP contribution >= 0.6 is 0 Å². The summed E-state index contributed by atoms with van der Waals surface area (Å²) in [7, 11) is 0. The minimum atomic E-state index is -4.11. The van der Waals surface area contributed by atoms with Crippen LogP contribution < -0.4 is 11.3 Å². The lowest BCUT2D eigenvalue weighted by Crippen LogP contribution is -2.28. The van der Waals surface area contributed by atoms with Gasteiger partial charge in [-0.25, -0.2) is 5.43 Å². The van der Waals surface area contributed by atoms with E-state index in [2.05, 4.69) is 5.43 Å². The van der Waals surface area contributed by atoms with Crippen molar-refractivity contribution in [1.82, 2.24) is 5.43 Å². The summed E-state index contributed by atoms with van der Waals surface area (Å²) in [5, 5.41) is 0. The predicted molar refractivity (Wildman–Crippen MR) is 53.4 cm³/mol. The van der Waals surface area contributed by atoms with Crippen molar-refractivity contribution in [1.29, 1.82) is 0 Å². The number of hydrogen-bond donors (Lipinski definition) is 2. The van der Waals surface area contributed by atoms with Crippen molar-refractivity contribution in [3.8, 4) is 0 Å². The number of rotatable bonds is 5. The van der Waals surface area contributed by atoms with Crippen molar-refractivity contribution in [2.75, 3.05) is 0 Å². The van der Waals surface area contributed by atoms with Crippen LogP contribution in [-0.4, -0.2) is 6.18 Å². The van der Waals surface area contributed by atoms with Crippen molar-refractivity contribution in [3.63, 3.8) is 0 Å². The second kappa shape index (κ2) is 5.36. The van der Waals surface area contributed by atoms with E-state index < -0.39 is 12.6 Å². The number of nitrogens with one attached hydrogen (secondary N) is 1. The van der Waals surface area contributed by atoms with E-state index in [9.17, 15) is 13.2 Å². The lowest BCUT2D eigenvalue weighted by Gasteiger charge is -2.13. The molecule has 0 saturated heterocycles. The van der Waals surface area contributed by atoms with Crippen LogP contribution in [0.1, 0.15) is 36.8 Å². The van der Waals surface area contributed by atoms with Crippen LogP contribution in [0.15, 0.2) is 16.5 Å². The number of furan rings is 1. The standard InChI is InChI=1S/C10H15F3N2O/c1-7-4-5-9(16-7)8(15-14)3-2-6-10(11,12)13/h4-5,8,15H,2-3,6,14H2,1H3. The Kier molecular flexibility index (Phi) is 4.37. The summed E-state index contributed by atoms with van der Waals surface area (Å²) >= 11 is 0. The average Bonchev–Trinajstić information content (AvgIpc) is 2.58. The van der Waals surface area contributed by atoms with Crippen LogP contribution in [0.3, 0.4) is 0 Å². The summed E-state index contributed by atoms with van der Waals surface area (Å²) in [5.74, 6) is 6.56. The zero-order chi connectivity index (χ0) is 12.2. The molecule has 3 nitrogen and oxygen atoms in total. The summed E-state index contributed by atoms with van der Waals surface area (Å²) in [6.45, 7) is 1.77. The Morgan fingerprint density at radius 1 is 1.44 bits per heavy atom. The van der Waals surface area contributed by atoms with E-state index in [0.717, 1.165) is 0 Å². The van der Waals surface area contributed by atoms with Gasteiger partial charge in [0.15, 0.2) is 0 Å². The molecule has 1 rings (SSSR count). The molecular formula is C10H15F3N2O. The first kappa shape index (κ1) is 13.1. The van der Waals surface area contributed by atoms with Crippen LogP contribution in [0.5, 0.6) is 0 Å². The molecule has 1 heterocycles. The maximum atomic E-state index is 11.9. The summed E-state index contributed by atoms with van der Waals surface area (Å²) in [4.78, 5) is 0. The van der Waals surface area contributed by atoms with Crippen molar-refractivity contribution < 1.29 is 17.6 Å². The topological polar surface area (TPSA) is 51.2 Å². The van der Waals surface area contributed by atoms with Crippen LogP contribution in [-0.2, 0) is 0 Å². The summed E-state index contributed by atoms with van der Waals surface area (Å²) in [6.07, 6.45) is -4.59. The largest absolute Gasteiger partial charge is 0.465 e. The number of hydrazine groups is 1. The smallest absolute Gasteiger partial charge is 0.389 e. The molecule has 0 radical (unpaired) electrons. The first-order valence-corrected chi connectivity index (χ1v) is 5.01. The van der Waals surface area contributed by atoms with Gasteiger partial charge < -0.3 is 4.42 Å². The van der Waals surface area contributed by atoms with Gasteiger partial charge in [0.2, 0.25) is 0 Å². The summed E-state index contributed by atoms with van der Waals surface area (Å²) < 4.78 is 41.1. The van der Waals surface area contributed by atoms with E-state index in [1.807, 2.05) is 0 Å². The molecule has 6 heteroatoms. The highest BCUT2D eigenvalue weighted by Gasteiger charge is 2.27. The Labute approximate surface area is 91.8 Å². The number of aryl methyl sites for hydroxylation is 1. The highest BCUT2D eigenvalue weighted by atomic mass is 19.4. The second-order valence-corrected chi connectivity index (χ2v) is 3.68. The molecular weight excluding hydrogens is 221 g/mol. The predicted octanol–water partition coefficient (Wildman–Crippen LogP) is 2.83. The minimum absolute atomic E-state index is 0.0259. The van der Waals surface area contributed by atoms with Crippen molar-refractivity contribution in [3.05, 3.63) is 23.7 Å². The van der Waals surface area contributed by atoms with Crippen molar-refractivity contribution in [2.24, 2.45) is 5.84 Å². The van der Waals surface area contributed by atoms with Gasteiger partial charge in [0.25, 0.3) is 0 Å². The second-order valence-electron chi connectivity index (χ2n) is 3.68. The lowest BCUT2D eigenvalue weighted by molar-refractivity contribution is -0.135.